The molecule has 7 rings (SSSR count). The Morgan fingerprint density at radius 2 is 1.74 bits per heavy atom. The zero-order valence-electron chi connectivity index (χ0n) is 21.3. The van der Waals surface area contributed by atoms with Gasteiger partial charge in [0, 0.05) is 5.41 Å². The van der Waals surface area contributed by atoms with Crippen LogP contribution in [0.5, 0.6) is 0 Å². The number of aliphatic carboxylic acids is 1. The van der Waals surface area contributed by atoms with Crippen LogP contribution in [0.15, 0.2) is 42.0 Å². The minimum absolute atomic E-state index is 0.0356. The normalized spacial score (nSPS) is 44.1. The first-order valence-electron chi connectivity index (χ1n) is 13.4. The number of nitrogens with zero attached hydrogens (tertiary/aromatic N) is 1. The van der Waals surface area contributed by atoms with Gasteiger partial charge < -0.3 is 5.11 Å². The molecule has 1 aliphatic heterocycles. The molecule has 2 amide bonds. The summed E-state index contributed by atoms with van der Waals surface area (Å²) in [6, 6.07) is 9.39. The number of imide groups is 1. The van der Waals surface area contributed by atoms with Crippen LogP contribution in [-0.2, 0) is 14.4 Å². The number of rotatable bonds is 3. The second kappa shape index (κ2) is 7.30. The second-order valence-corrected chi connectivity index (χ2v) is 12.8. The Hall–Kier alpha value is -2.43. The number of carbonyl (C=O) groups is 3. The summed E-state index contributed by atoms with van der Waals surface area (Å²) in [7, 11) is 0. The van der Waals surface area contributed by atoms with Gasteiger partial charge in [-0.05, 0) is 80.2 Å². The third kappa shape index (κ3) is 2.73. The molecule has 0 aromatic heterocycles. The summed E-state index contributed by atoms with van der Waals surface area (Å²) in [4.78, 5) is 42.0. The van der Waals surface area contributed by atoms with Gasteiger partial charge in [-0.1, -0.05) is 57.0 Å². The maximum Gasteiger partial charge on any atom is 0.309 e. The van der Waals surface area contributed by atoms with Crippen LogP contribution in [0.1, 0.15) is 66.2 Å². The monoisotopic (exact) mass is 475 g/mol. The Morgan fingerprint density at radius 3 is 2.40 bits per heavy atom. The van der Waals surface area contributed by atoms with Gasteiger partial charge in [0.25, 0.3) is 0 Å². The number of carbonyl (C=O) groups excluding carboxylic acids is 2. The van der Waals surface area contributed by atoms with Crippen LogP contribution in [-0.4, -0.2) is 22.9 Å². The molecule has 1 heterocycles. The lowest BCUT2D eigenvalue weighted by molar-refractivity contribution is -0.194. The van der Waals surface area contributed by atoms with Gasteiger partial charge in [0.1, 0.15) is 0 Å². The van der Waals surface area contributed by atoms with Gasteiger partial charge in [-0.15, -0.1) is 0 Å². The van der Waals surface area contributed by atoms with E-state index in [-0.39, 0.29) is 52.2 Å². The standard InChI is InChI=1S/C30H37NO4/c1-17(2)20-16-30-14-11-21-28(3,12-8-13-29(21,4)27(34)35)22(30)15-19(20)23-24(30)26(33)31(25(23)32)18-9-6-5-7-10-18/h5-7,9-10,16-17,19,21-24H,8,11-15H2,1-4H3,(H,34,35)/t19-,21+,22-,23+,24-,28-,29+,30-/m0/s1. The highest BCUT2D eigenvalue weighted by molar-refractivity contribution is 6.22. The molecule has 6 aliphatic rings. The molecule has 2 bridgehead atoms. The average molecular weight is 476 g/mol. The predicted molar refractivity (Wildman–Crippen MR) is 133 cm³/mol. The molecule has 8 atom stereocenters. The minimum Gasteiger partial charge on any atom is -0.481 e. The van der Waals surface area contributed by atoms with Crippen molar-refractivity contribution in [3.8, 4) is 0 Å². The number of fused-ring (bicyclic) bond motifs is 1. The van der Waals surface area contributed by atoms with Crippen molar-refractivity contribution < 1.29 is 19.5 Å². The van der Waals surface area contributed by atoms with Crippen molar-refractivity contribution in [1.82, 2.24) is 0 Å². The predicted octanol–water partition coefficient (Wildman–Crippen LogP) is 5.70. The highest BCUT2D eigenvalue weighted by Gasteiger charge is 2.73. The van der Waals surface area contributed by atoms with Crippen molar-refractivity contribution in [1.29, 1.82) is 0 Å². The highest BCUT2D eigenvalue weighted by atomic mass is 16.4. The van der Waals surface area contributed by atoms with E-state index in [9.17, 15) is 19.5 Å². The summed E-state index contributed by atoms with van der Waals surface area (Å²) in [6.45, 7) is 8.69. The third-order valence-corrected chi connectivity index (χ3v) is 11.2. The quantitative estimate of drug-likeness (QED) is 0.449. The van der Waals surface area contributed by atoms with Crippen molar-refractivity contribution in [2.24, 2.45) is 51.8 Å². The topological polar surface area (TPSA) is 74.7 Å². The highest BCUT2D eigenvalue weighted by Crippen LogP contribution is 2.74. The summed E-state index contributed by atoms with van der Waals surface area (Å²) in [6.07, 6.45) is 7.58. The van der Waals surface area contributed by atoms with Crippen molar-refractivity contribution in [3.63, 3.8) is 0 Å². The second-order valence-electron chi connectivity index (χ2n) is 12.8. The van der Waals surface area contributed by atoms with Crippen molar-refractivity contribution >= 4 is 23.5 Å². The van der Waals surface area contributed by atoms with E-state index in [2.05, 4.69) is 26.8 Å². The number of carboxylic acid groups (broad SMARTS) is 1. The van der Waals surface area contributed by atoms with Crippen molar-refractivity contribution in [2.45, 2.75) is 66.2 Å². The van der Waals surface area contributed by atoms with Crippen LogP contribution in [0.2, 0.25) is 0 Å². The van der Waals surface area contributed by atoms with Crippen molar-refractivity contribution in [3.05, 3.63) is 42.0 Å². The van der Waals surface area contributed by atoms with E-state index < -0.39 is 11.4 Å². The van der Waals surface area contributed by atoms with Gasteiger partial charge in [0.2, 0.25) is 11.8 Å². The summed E-state index contributed by atoms with van der Waals surface area (Å²) < 4.78 is 0. The van der Waals surface area contributed by atoms with E-state index in [1.165, 1.54) is 10.5 Å². The number of anilines is 1. The number of allylic oxidation sites excluding steroid dienone is 2. The smallest absolute Gasteiger partial charge is 0.309 e. The fourth-order valence-electron chi connectivity index (χ4n) is 9.79. The molecular formula is C30H37NO4. The molecule has 3 saturated carbocycles. The zero-order valence-corrected chi connectivity index (χ0v) is 21.3. The Morgan fingerprint density at radius 1 is 1.03 bits per heavy atom. The molecule has 5 nitrogen and oxygen atoms in total. The largest absolute Gasteiger partial charge is 0.481 e. The first-order valence-corrected chi connectivity index (χ1v) is 13.4. The Bertz CT molecular complexity index is 1140. The van der Waals surface area contributed by atoms with E-state index in [1.807, 2.05) is 37.3 Å². The van der Waals surface area contributed by atoms with Crippen LogP contribution in [0, 0.1) is 51.8 Å². The molecule has 1 aromatic carbocycles. The molecule has 1 saturated heterocycles. The Kier molecular flexibility index (Phi) is 4.80. The van der Waals surface area contributed by atoms with Crippen LogP contribution < -0.4 is 4.90 Å². The summed E-state index contributed by atoms with van der Waals surface area (Å²) in [5.74, 6) is -0.668. The molecular weight excluding hydrogens is 438 g/mol. The van der Waals surface area contributed by atoms with Crippen LogP contribution in [0.25, 0.3) is 0 Å². The summed E-state index contributed by atoms with van der Waals surface area (Å²) in [5.41, 5.74) is 0.789. The van der Waals surface area contributed by atoms with E-state index in [0.717, 1.165) is 38.5 Å². The van der Waals surface area contributed by atoms with Crippen molar-refractivity contribution in [2.75, 3.05) is 4.90 Å². The summed E-state index contributed by atoms with van der Waals surface area (Å²) in [5, 5.41) is 10.3. The molecule has 1 aromatic rings. The first-order chi connectivity index (χ1) is 16.6. The van der Waals surface area contributed by atoms with Gasteiger partial charge in [0.05, 0.1) is 22.9 Å². The SMILES string of the molecule is CC(C)C1=C[C@@]23CC[C@@H]4[C@](C)(CCC[C@@]4(C)C(=O)O)[C@@H]2C[C@@H]1[C@H]1C(=O)N(c2ccccc2)C(=O)[C@H]13. The van der Waals surface area contributed by atoms with E-state index >= 15 is 0 Å². The number of hydrogen-bond acceptors (Lipinski definition) is 3. The van der Waals surface area contributed by atoms with Crippen LogP contribution >= 0.6 is 0 Å². The van der Waals surface area contributed by atoms with E-state index in [4.69, 9.17) is 0 Å². The van der Waals surface area contributed by atoms with Gasteiger partial charge in [-0.3, -0.25) is 19.3 Å². The Balaban J connectivity index is 1.50. The maximum atomic E-state index is 14.1. The number of hydrogen-bond donors (Lipinski definition) is 1. The van der Waals surface area contributed by atoms with Gasteiger partial charge in [0.15, 0.2) is 0 Å². The van der Waals surface area contributed by atoms with Gasteiger partial charge in [-0.25, -0.2) is 0 Å². The molecule has 5 heteroatoms. The van der Waals surface area contributed by atoms with Crippen LogP contribution in [0.3, 0.4) is 0 Å². The number of benzene rings is 1. The molecule has 0 radical (unpaired) electrons. The lowest BCUT2D eigenvalue weighted by atomic mass is 9.34. The minimum atomic E-state index is -0.721. The molecule has 1 N–H and O–H groups in total. The fraction of sp³-hybridized carbons (Fsp3) is 0.633. The molecule has 4 fully saturated rings. The average Bonchev–Trinajstić information content (AvgIpc) is 3.11. The fourth-order valence-corrected chi connectivity index (χ4v) is 9.79. The van der Waals surface area contributed by atoms with Gasteiger partial charge in [-0.2, -0.15) is 0 Å². The van der Waals surface area contributed by atoms with Crippen LogP contribution in [0.4, 0.5) is 5.69 Å². The molecule has 1 spiro atoms. The first kappa shape index (κ1) is 23.0. The van der Waals surface area contributed by atoms with Gasteiger partial charge >= 0.3 is 5.97 Å². The number of amides is 2. The molecule has 5 aliphatic carbocycles. The molecule has 0 unspecified atom stereocenters. The molecule has 35 heavy (non-hydrogen) atoms. The Labute approximate surface area is 208 Å². The lowest BCUT2D eigenvalue weighted by Gasteiger charge is -2.68. The number of carboxylic acids is 1. The zero-order chi connectivity index (χ0) is 24.9. The molecule has 186 valence electrons. The summed E-state index contributed by atoms with van der Waals surface area (Å²) >= 11 is 0. The maximum absolute atomic E-state index is 14.1. The third-order valence-electron chi connectivity index (χ3n) is 11.2. The number of para-hydroxylation sites is 1. The van der Waals surface area contributed by atoms with E-state index in [0.29, 0.717) is 11.6 Å². The lowest BCUT2D eigenvalue weighted by Crippen LogP contribution is -2.65. The van der Waals surface area contributed by atoms with E-state index in [1.54, 1.807) is 0 Å².